The molecule has 86 valence electrons. The Morgan fingerprint density at radius 3 is 2.88 bits per heavy atom. The lowest BCUT2D eigenvalue weighted by Crippen LogP contribution is -2.02. The van der Waals surface area contributed by atoms with E-state index in [1.54, 1.807) is 11.3 Å². The first-order valence-corrected chi connectivity index (χ1v) is 6.09. The van der Waals surface area contributed by atoms with Crippen molar-refractivity contribution in [3.05, 3.63) is 39.5 Å². The highest BCUT2D eigenvalue weighted by Crippen LogP contribution is 2.15. The highest BCUT2D eigenvalue weighted by Gasteiger charge is 2.03. The van der Waals surface area contributed by atoms with Crippen molar-refractivity contribution in [3.63, 3.8) is 0 Å². The van der Waals surface area contributed by atoms with Crippen molar-refractivity contribution in [2.24, 2.45) is 0 Å². The predicted molar refractivity (Wildman–Crippen MR) is 67.9 cm³/mol. The molecule has 4 nitrogen and oxygen atoms in total. The molecule has 0 atom stereocenters. The molecule has 5 heteroatoms. The fraction of sp³-hybridized carbons (Fsp3) is 0.250. The van der Waals surface area contributed by atoms with Gasteiger partial charge >= 0.3 is 0 Å². The molecule has 2 rings (SSSR count). The fourth-order valence-electron chi connectivity index (χ4n) is 1.41. The van der Waals surface area contributed by atoms with Gasteiger partial charge in [0.2, 0.25) is 0 Å². The monoisotopic (exact) mass is 244 g/mol. The smallest absolute Gasteiger partial charge is 0.145 e. The van der Waals surface area contributed by atoms with E-state index < -0.39 is 0 Å². The predicted octanol–water partition coefficient (Wildman–Crippen LogP) is 2.64. The molecular weight excluding hydrogens is 232 g/mol. The van der Waals surface area contributed by atoms with Crippen LogP contribution in [0.3, 0.4) is 0 Å². The van der Waals surface area contributed by atoms with Crippen LogP contribution in [0.1, 0.15) is 21.8 Å². The molecule has 0 spiro atoms. The molecule has 0 fully saturated rings. The standard InChI is InChI=1S/C12H12N4S/c1-8-3-4-12(16-10(8)5-13)14-6-11-9(2)15-7-17-11/h3-4,7H,6H2,1-2H3,(H,14,16). The second-order valence-corrected chi connectivity index (χ2v) is 4.63. The van der Waals surface area contributed by atoms with Crippen LogP contribution in [0.4, 0.5) is 5.82 Å². The summed E-state index contributed by atoms with van der Waals surface area (Å²) < 4.78 is 0. The minimum Gasteiger partial charge on any atom is -0.365 e. The summed E-state index contributed by atoms with van der Waals surface area (Å²) in [5.74, 6) is 0.722. The lowest BCUT2D eigenvalue weighted by Gasteiger charge is -2.05. The molecule has 0 aliphatic heterocycles. The number of hydrogen-bond donors (Lipinski definition) is 1. The Hall–Kier alpha value is -1.93. The summed E-state index contributed by atoms with van der Waals surface area (Å²) in [7, 11) is 0. The van der Waals surface area contributed by atoms with E-state index >= 15 is 0 Å². The number of nitrogens with zero attached hydrogens (tertiary/aromatic N) is 3. The van der Waals surface area contributed by atoms with Crippen LogP contribution in [0.25, 0.3) is 0 Å². The molecule has 1 N–H and O–H groups in total. The number of hydrogen-bond acceptors (Lipinski definition) is 5. The zero-order chi connectivity index (χ0) is 12.3. The average Bonchev–Trinajstić information content (AvgIpc) is 2.74. The number of nitrogens with one attached hydrogen (secondary N) is 1. The molecule has 17 heavy (non-hydrogen) atoms. The fourth-order valence-corrected chi connectivity index (χ4v) is 2.12. The molecule has 2 aromatic heterocycles. The molecule has 0 aliphatic rings. The maximum absolute atomic E-state index is 8.89. The second kappa shape index (κ2) is 4.93. The van der Waals surface area contributed by atoms with Crippen LogP contribution in [0, 0.1) is 25.2 Å². The Morgan fingerprint density at radius 2 is 2.24 bits per heavy atom. The van der Waals surface area contributed by atoms with Crippen molar-refractivity contribution < 1.29 is 0 Å². The van der Waals surface area contributed by atoms with Crippen molar-refractivity contribution >= 4 is 17.2 Å². The lowest BCUT2D eigenvalue weighted by molar-refractivity contribution is 1.08. The molecule has 2 heterocycles. The molecule has 0 radical (unpaired) electrons. The van der Waals surface area contributed by atoms with E-state index in [-0.39, 0.29) is 0 Å². The Morgan fingerprint density at radius 1 is 1.41 bits per heavy atom. The zero-order valence-electron chi connectivity index (χ0n) is 9.69. The third-order valence-corrected chi connectivity index (χ3v) is 3.41. The molecule has 0 saturated heterocycles. The van der Waals surface area contributed by atoms with Crippen molar-refractivity contribution in [2.45, 2.75) is 20.4 Å². The summed E-state index contributed by atoms with van der Waals surface area (Å²) in [6.07, 6.45) is 0. The van der Waals surface area contributed by atoms with Crippen molar-refractivity contribution in [2.75, 3.05) is 5.32 Å². The molecule has 0 bridgehead atoms. The summed E-state index contributed by atoms with van der Waals surface area (Å²) in [5, 5.41) is 12.1. The quantitative estimate of drug-likeness (QED) is 0.901. The molecule has 2 aromatic rings. The minimum absolute atomic E-state index is 0.469. The van der Waals surface area contributed by atoms with Gasteiger partial charge in [0.1, 0.15) is 17.6 Å². The highest BCUT2D eigenvalue weighted by atomic mass is 32.1. The van der Waals surface area contributed by atoms with Gasteiger partial charge in [-0.05, 0) is 25.5 Å². The van der Waals surface area contributed by atoms with E-state index in [4.69, 9.17) is 5.26 Å². The van der Waals surface area contributed by atoms with Gasteiger partial charge in [-0.2, -0.15) is 5.26 Å². The van der Waals surface area contributed by atoms with Gasteiger partial charge in [-0.15, -0.1) is 11.3 Å². The minimum atomic E-state index is 0.469. The summed E-state index contributed by atoms with van der Waals surface area (Å²) in [6.45, 7) is 4.55. The van der Waals surface area contributed by atoms with Crippen LogP contribution >= 0.6 is 11.3 Å². The largest absolute Gasteiger partial charge is 0.365 e. The van der Waals surface area contributed by atoms with Gasteiger partial charge in [-0.3, -0.25) is 0 Å². The average molecular weight is 244 g/mol. The molecule has 0 aliphatic carbocycles. The molecule has 0 saturated carbocycles. The van der Waals surface area contributed by atoms with E-state index in [9.17, 15) is 0 Å². The number of aromatic nitrogens is 2. The Bertz CT molecular complexity index is 568. The van der Waals surface area contributed by atoms with Gasteiger partial charge in [0.05, 0.1) is 17.7 Å². The summed E-state index contributed by atoms with van der Waals surface area (Å²) >= 11 is 1.62. The Labute approximate surface area is 104 Å². The van der Waals surface area contributed by atoms with Crippen molar-refractivity contribution in [3.8, 4) is 6.07 Å². The van der Waals surface area contributed by atoms with Gasteiger partial charge in [-0.1, -0.05) is 6.07 Å². The summed E-state index contributed by atoms with van der Waals surface area (Å²) in [5.41, 5.74) is 4.23. The van der Waals surface area contributed by atoms with Crippen molar-refractivity contribution in [1.29, 1.82) is 5.26 Å². The van der Waals surface area contributed by atoms with E-state index in [1.807, 2.05) is 31.5 Å². The van der Waals surface area contributed by atoms with Crippen LogP contribution in [0.5, 0.6) is 0 Å². The lowest BCUT2D eigenvalue weighted by atomic mass is 10.2. The van der Waals surface area contributed by atoms with Gasteiger partial charge < -0.3 is 5.32 Å². The maximum Gasteiger partial charge on any atom is 0.145 e. The third kappa shape index (κ3) is 2.60. The highest BCUT2D eigenvalue weighted by molar-refractivity contribution is 7.09. The first kappa shape index (κ1) is 11.6. The van der Waals surface area contributed by atoms with Crippen molar-refractivity contribution in [1.82, 2.24) is 9.97 Å². The summed E-state index contributed by atoms with van der Waals surface area (Å²) in [4.78, 5) is 9.60. The third-order valence-electron chi connectivity index (χ3n) is 2.48. The maximum atomic E-state index is 8.89. The number of pyridine rings is 1. The van der Waals surface area contributed by atoms with Crippen LogP contribution in [0.2, 0.25) is 0 Å². The Balaban J connectivity index is 2.10. The molecule has 0 amide bonds. The topological polar surface area (TPSA) is 61.6 Å². The van der Waals surface area contributed by atoms with Gasteiger partial charge in [0.25, 0.3) is 0 Å². The number of thiazole rings is 1. The Kier molecular flexibility index (Phi) is 3.35. The molecule has 0 unspecified atom stereocenters. The number of anilines is 1. The van der Waals surface area contributed by atoms with E-state index in [2.05, 4.69) is 21.4 Å². The van der Waals surface area contributed by atoms with Crippen LogP contribution in [-0.4, -0.2) is 9.97 Å². The SMILES string of the molecule is Cc1ccc(NCc2scnc2C)nc1C#N. The number of rotatable bonds is 3. The normalized spacial score (nSPS) is 9.94. The first-order valence-electron chi connectivity index (χ1n) is 5.21. The van der Waals surface area contributed by atoms with Crippen LogP contribution < -0.4 is 5.32 Å². The molecule has 0 aromatic carbocycles. The zero-order valence-corrected chi connectivity index (χ0v) is 10.5. The van der Waals surface area contributed by atoms with Gasteiger partial charge in [0, 0.05) is 4.88 Å². The second-order valence-electron chi connectivity index (χ2n) is 3.69. The van der Waals surface area contributed by atoms with E-state index in [0.717, 1.165) is 17.1 Å². The van der Waals surface area contributed by atoms with Gasteiger partial charge in [-0.25, -0.2) is 9.97 Å². The first-order chi connectivity index (χ1) is 8.20. The van der Waals surface area contributed by atoms with Gasteiger partial charge in [0.15, 0.2) is 0 Å². The molecular formula is C12H12N4S. The van der Waals surface area contributed by atoms with E-state index in [1.165, 1.54) is 4.88 Å². The number of aryl methyl sites for hydroxylation is 2. The summed E-state index contributed by atoms with van der Waals surface area (Å²) in [6, 6.07) is 5.86. The van der Waals surface area contributed by atoms with E-state index in [0.29, 0.717) is 12.2 Å². The van der Waals surface area contributed by atoms with Crippen LogP contribution in [-0.2, 0) is 6.54 Å². The number of nitriles is 1. The van der Waals surface area contributed by atoms with Crippen LogP contribution in [0.15, 0.2) is 17.6 Å².